The van der Waals surface area contributed by atoms with E-state index in [1.54, 1.807) is 6.21 Å². The van der Waals surface area contributed by atoms with Gasteiger partial charge in [0.1, 0.15) is 0 Å². The minimum absolute atomic E-state index is 0.0582. The van der Waals surface area contributed by atoms with Crippen LogP contribution in [0.4, 0.5) is 0 Å². The van der Waals surface area contributed by atoms with E-state index in [0.717, 1.165) is 16.5 Å². The molecule has 1 aromatic carbocycles. The Morgan fingerprint density at radius 1 is 1.50 bits per heavy atom. The zero-order valence-electron chi connectivity index (χ0n) is 10.5. The lowest BCUT2D eigenvalue weighted by molar-refractivity contribution is -0.126. The molecule has 0 bridgehead atoms. The number of carbonyl (C=O) groups excluding carboxylic acids is 1. The maximum Gasteiger partial charge on any atom is 0.260 e. The summed E-state index contributed by atoms with van der Waals surface area (Å²) in [6, 6.07) is 7.79. The lowest BCUT2D eigenvalue weighted by atomic mass is 10.2. The van der Waals surface area contributed by atoms with Crippen molar-refractivity contribution in [3.8, 4) is 0 Å². The molecule has 18 heavy (non-hydrogen) atoms. The summed E-state index contributed by atoms with van der Waals surface area (Å²) in [6.07, 6.45) is 2.47. The maximum atomic E-state index is 11.4. The van der Waals surface area contributed by atoms with E-state index in [9.17, 15) is 4.79 Å². The van der Waals surface area contributed by atoms with Crippen molar-refractivity contribution >= 4 is 28.1 Å². The van der Waals surface area contributed by atoms with Gasteiger partial charge in [-0.05, 0) is 31.0 Å². The molecule has 0 aliphatic rings. The van der Waals surface area contributed by atoms with Crippen LogP contribution in [0, 0.1) is 0 Å². The second-order valence-corrected chi connectivity index (χ2v) is 4.85. The molecule has 0 saturated heterocycles. The highest BCUT2D eigenvalue weighted by Crippen LogP contribution is 2.08. The summed E-state index contributed by atoms with van der Waals surface area (Å²) >= 11 is 3.35. The molecule has 0 heterocycles. The summed E-state index contributed by atoms with van der Waals surface area (Å²) in [6.45, 7) is 3.90. The van der Waals surface area contributed by atoms with Crippen molar-refractivity contribution in [2.75, 3.05) is 6.61 Å². The molecule has 0 saturated carbocycles. The van der Waals surface area contributed by atoms with Crippen molar-refractivity contribution in [1.82, 2.24) is 5.32 Å². The molecule has 1 aromatic rings. The van der Waals surface area contributed by atoms with Crippen LogP contribution in [0.3, 0.4) is 0 Å². The highest BCUT2D eigenvalue weighted by Gasteiger charge is 2.04. The standard InChI is InChI=1S/C13H17BrN2O2/c1-3-10(2)16-13(17)9-18-15-8-11-4-6-12(14)7-5-11/h4-8,10H,3,9H2,1-2H3,(H,16,17)/b15-8-/t10-/m1/s1. The van der Waals surface area contributed by atoms with Gasteiger partial charge in [0.25, 0.3) is 5.91 Å². The van der Waals surface area contributed by atoms with Gasteiger partial charge in [0, 0.05) is 10.5 Å². The molecule has 0 spiro atoms. The van der Waals surface area contributed by atoms with E-state index in [-0.39, 0.29) is 18.6 Å². The van der Waals surface area contributed by atoms with Crippen LogP contribution in [0.1, 0.15) is 25.8 Å². The third kappa shape index (κ3) is 5.82. The zero-order chi connectivity index (χ0) is 13.4. The summed E-state index contributed by atoms with van der Waals surface area (Å²) in [4.78, 5) is 16.3. The first-order chi connectivity index (χ1) is 8.61. The lowest BCUT2D eigenvalue weighted by Gasteiger charge is -2.09. The topological polar surface area (TPSA) is 50.7 Å². The molecule has 0 aliphatic heterocycles. The number of halogens is 1. The minimum atomic E-state index is -0.155. The van der Waals surface area contributed by atoms with Crippen molar-refractivity contribution in [2.24, 2.45) is 5.16 Å². The number of benzene rings is 1. The van der Waals surface area contributed by atoms with E-state index >= 15 is 0 Å². The predicted octanol–water partition coefficient (Wildman–Crippen LogP) is 2.71. The molecule has 4 nitrogen and oxygen atoms in total. The summed E-state index contributed by atoms with van der Waals surface area (Å²) in [7, 11) is 0. The fourth-order valence-electron chi connectivity index (χ4n) is 1.16. The Hall–Kier alpha value is -1.36. The number of oxime groups is 1. The van der Waals surface area contributed by atoms with Crippen LogP contribution in [-0.2, 0) is 9.63 Å². The zero-order valence-corrected chi connectivity index (χ0v) is 12.1. The largest absolute Gasteiger partial charge is 0.386 e. The SMILES string of the molecule is CC[C@@H](C)NC(=O)CO/N=C\c1ccc(Br)cc1. The van der Waals surface area contributed by atoms with E-state index in [2.05, 4.69) is 26.4 Å². The van der Waals surface area contributed by atoms with Crippen LogP contribution in [0.5, 0.6) is 0 Å². The van der Waals surface area contributed by atoms with Gasteiger partial charge in [0.15, 0.2) is 6.61 Å². The monoisotopic (exact) mass is 312 g/mol. The first-order valence-corrected chi connectivity index (χ1v) is 6.61. The highest BCUT2D eigenvalue weighted by atomic mass is 79.9. The molecule has 1 N–H and O–H groups in total. The normalized spacial score (nSPS) is 12.4. The summed E-state index contributed by atoms with van der Waals surface area (Å²) in [5.74, 6) is -0.155. The van der Waals surface area contributed by atoms with Crippen molar-refractivity contribution in [2.45, 2.75) is 26.3 Å². The Labute approximate surface area is 116 Å². The Balaban J connectivity index is 2.29. The highest BCUT2D eigenvalue weighted by molar-refractivity contribution is 9.10. The van der Waals surface area contributed by atoms with Crippen LogP contribution in [0.2, 0.25) is 0 Å². The van der Waals surface area contributed by atoms with Gasteiger partial charge in [-0.1, -0.05) is 40.1 Å². The average Bonchev–Trinajstić information content (AvgIpc) is 2.36. The maximum absolute atomic E-state index is 11.4. The number of rotatable bonds is 6. The van der Waals surface area contributed by atoms with Gasteiger partial charge in [0.2, 0.25) is 0 Å². The van der Waals surface area contributed by atoms with E-state index in [1.807, 2.05) is 38.1 Å². The number of carbonyl (C=O) groups is 1. The number of amides is 1. The molecule has 0 fully saturated rings. The molecule has 1 amide bonds. The van der Waals surface area contributed by atoms with E-state index in [1.165, 1.54) is 0 Å². The predicted molar refractivity (Wildman–Crippen MR) is 75.6 cm³/mol. The van der Waals surface area contributed by atoms with Crippen LogP contribution >= 0.6 is 15.9 Å². The lowest BCUT2D eigenvalue weighted by Crippen LogP contribution is -2.34. The van der Waals surface area contributed by atoms with Crippen LogP contribution in [-0.4, -0.2) is 24.8 Å². The molecular weight excluding hydrogens is 296 g/mol. The molecule has 5 heteroatoms. The van der Waals surface area contributed by atoms with Gasteiger partial charge in [-0.3, -0.25) is 4.79 Å². The molecule has 98 valence electrons. The van der Waals surface area contributed by atoms with E-state index in [4.69, 9.17) is 4.84 Å². The third-order valence-corrected chi connectivity index (χ3v) is 2.89. The van der Waals surface area contributed by atoms with Gasteiger partial charge in [-0.15, -0.1) is 0 Å². The summed E-state index contributed by atoms with van der Waals surface area (Å²) in [5.41, 5.74) is 0.917. The second-order valence-electron chi connectivity index (χ2n) is 3.94. The summed E-state index contributed by atoms with van der Waals surface area (Å²) in [5, 5.41) is 6.53. The Bertz CT molecular complexity index is 404. The van der Waals surface area contributed by atoms with Gasteiger partial charge in [-0.2, -0.15) is 0 Å². The number of hydrogen-bond donors (Lipinski definition) is 1. The van der Waals surface area contributed by atoms with Gasteiger partial charge < -0.3 is 10.2 Å². The van der Waals surface area contributed by atoms with Crippen molar-refractivity contribution in [3.63, 3.8) is 0 Å². The smallest absolute Gasteiger partial charge is 0.260 e. The Kier molecular flexibility index (Phi) is 6.43. The van der Waals surface area contributed by atoms with E-state index in [0.29, 0.717) is 0 Å². The molecule has 0 aromatic heterocycles. The van der Waals surface area contributed by atoms with E-state index < -0.39 is 0 Å². The molecule has 0 unspecified atom stereocenters. The van der Waals surface area contributed by atoms with Crippen LogP contribution in [0.25, 0.3) is 0 Å². The molecule has 1 rings (SSSR count). The molecule has 0 radical (unpaired) electrons. The summed E-state index contributed by atoms with van der Waals surface area (Å²) < 4.78 is 1.01. The Morgan fingerprint density at radius 2 is 2.17 bits per heavy atom. The average molecular weight is 313 g/mol. The van der Waals surface area contributed by atoms with Crippen molar-refractivity contribution < 1.29 is 9.63 Å². The Morgan fingerprint density at radius 3 is 2.78 bits per heavy atom. The fraction of sp³-hybridized carbons (Fsp3) is 0.385. The fourth-order valence-corrected chi connectivity index (χ4v) is 1.43. The van der Waals surface area contributed by atoms with Crippen LogP contribution in [0.15, 0.2) is 33.9 Å². The molecule has 1 atom stereocenters. The van der Waals surface area contributed by atoms with Gasteiger partial charge in [-0.25, -0.2) is 0 Å². The minimum Gasteiger partial charge on any atom is -0.386 e. The van der Waals surface area contributed by atoms with Gasteiger partial charge in [0.05, 0.1) is 6.21 Å². The molecular formula is C13H17BrN2O2. The first-order valence-electron chi connectivity index (χ1n) is 5.82. The van der Waals surface area contributed by atoms with Gasteiger partial charge >= 0.3 is 0 Å². The quantitative estimate of drug-likeness (QED) is 0.648. The first kappa shape index (κ1) is 14.7. The second kappa shape index (κ2) is 7.87. The van der Waals surface area contributed by atoms with Crippen molar-refractivity contribution in [3.05, 3.63) is 34.3 Å². The number of hydrogen-bond acceptors (Lipinski definition) is 3. The van der Waals surface area contributed by atoms with Crippen molar-refractivity contribution in [1.29, 1.82) is 0 Å². The van der Waals surface area contributed by atoms with Crippen LogP contribution < -0.4 is 5.32 Å². The number of nitrogens with one attached hydrogen (secondary N) is 1. The third-order valence-electron chi connectivity index (χ3n) is 2.36. The number of nitrogens with zero attached hydrogens (tertiary/aromatic N) is 1. The molecule has 0 aliphatic carbocycles.